The molecular weight excluding hydrogens is 382 g/mol. The maximum atomic E-state index is 12.5. The number of imide groups is 1. The molecule has 5 nitrogen and oxygen atoms in total. The monoisotopic (exact) mass is 397 g/mol. The largest absolute Gasteiger partial charge is 0.480 e. The molecule has 0 unspecified atom stereocenters. The fourth-order valence-corrected chi connectivity index (χ4v) is 3.36. The fraction of sp³-hybridized carbons (Fsp3) is 0.312. The van der Waals surface area contributed by atoms with Crippen molar-refractivity contribution < 1.29 is 19.5 Å². The van der Waals surface area contributed by atoms with Gasteiger partial charge in [0.25, 0.3) is 11.1 Å². The maximum absolute atomic E-state index is 12.5. The first-order valence-corrected chi connectivity index (χ1v) is 8.66. The van der Waals surface area contributed by atoms with Gasteiger partial charge in [0.2, 0.25) is 0 Å². The number of hydrogen-bond acceptors (Lipinski definition) is 4. The number of hydrogen-bond donors (Lipinski definition) is 1. The number of rotatable bonds is 5. The number of halogens is 1. The summed E-state index contributed by atoms with van der Waals surface area (Å²) in [5.41, 5.74) is 0.773. The molecule has 122 valence electrons. The van der Waals surface area contributed by atoms with E-state index in [1.165, 1.54) is 0 Å². The summed E-state index contributed by atoms with van der Waals surface area (Å²) in [6.07, 6.45) is 1.84. The highest BCUT2D eigenvalue weighted by Crippen LogP contribution is 2.35. The van der Waals surface area contributed by atoms with Crippen LogP contribution >= 0.6 is 27.7 Å². The van der Waals surface area contributed by atoms with Crippen LogP contribution < -0.4 is 0 Å². The molecule has 1 fully saturated rings. The summed E-state index contributed by atoms with van der Waals surface area (Å²) in [5, 5.41) is 8.81. The fourth-order valence-electron chi connectivity index (χ4n) is 2.22. The zero-order valence-electron chi connectivity index (χ0n) is 12.7. The highest BCUT2D eigenvalue weighted by Gasteiger charge is 2.42. The predicted octanol–water partition coefficient (Wildman–Crippen LogP) is 3.98. The van der Waals surface area contributed by atoms with Crippen LogP contribution in [0.1, 0.15) is 25.8 Å². The summed E-state index contributed by atoms with van der Waals surface area (Å²) < 4.78 is 0.908. The van der Waals surface area contributed by atoms with Gasteiger partial charge < -0.3 is 5.11 Å². The average molecular weight is 398 g/mol. The summed E-state index contributed by atoms with van der Waals surface area (Å²) in [6, 6.07) is 6.14. The van der Waals surface area contributed by atoms with Crippen molar-refractivity contribution in [1.82, 2.24) is 4.90 Å². The Kier molecular flexibility index (Phi) is 5.64. The van der Waals surface area contributed by atoms with Crippen molar-refractivity contribution in [2.24, 2.45) is 5.92 Å². The minimum absolute atomic E-state index is 0.0567. The van der Waals surface area contributed by atoms with E-state index in [1.54, 1.807) is 18.2 Å². The Morgan fingerprint density at radius 2 is 1.91 bits per heavy atom. The molecule has 1 aliphatic heterocycles. The van der Waals surface area contributed by atoms with Crippen molar-refractivity contribution in [3.8, 4) is 0 Å². The van der Waals surface area contributed by atoms with E-state index in [-0.39, 0.29) is 17.2 Å². The summed E-state index contributed by atoms with van der Waals surface area (Å²) in [5.74, 6) is -1.65. The van der Waals surface area contributed by atoms with E-state index < -0.39 is 23.2 Å². The molecule has 1 saturated heterocycles. The second-order valence-corrected chi connectivity index (χ2v) is 7.50. The molecule has 1 heterocycles. The van der Waals surface area contributed by atoms with Gasteiger partial charge in [-0.2, -0.15) is 0 Å². The van der Waals surface area contributed by atoms with Crippen molar-refractivity contribution in [3.05, 3.63) is 39.2 Å². The molecule has 0 spiro atoms. The van der Waals surface area contributed by atoms with Crippen LogP contribution in [-0.2, 0) is 9.59 Å². The van der Waals surface area contributed by atoms with E-state index in [9.17, 15) is 19.5 Å². The van der Waals surface area contributed by atoms with Crippen molar-refractivity contribution in [1.29, 1.82) is 0 Å². The normalized spacial score (nSPS) is 18.1. The van der Waals surface area contributed by atoms with Gasteiger partial charge in [-0.25, -0.2) is 4.79 Å². The Bertz CT molecular complexity index is 669. The van der Waals surface area contributed by atoms with Gasteiger partial charge in [0.15, 0.2) is 0 Å². The Hall–Kier alpha value is -1.60. The van der Waals surface area contributed by atoms with E-state index in [0.29, 0.717) is 0 Å². The van der Waals surface area contributed by atoms with E-state index in [2.05, 4.69) is 15.9 Å². The van der Waals surface area contributed by atoms with Gasteiger partial charge in [-0.1, -0.05) is 41.9 Å². The lowest BCUT2D eigenvalue weighted by Crippen LogP contribution is -2.44. The van der Waals surface area contributed by atoms with Gasteiger partial charge in [-0.3, -0.25) is 14.5 Å². The van der Waals surface area contributed by atoms with Crippen LogP contribution in [0.3, 0.4) is 0 Å². The third kappa shape index (κ3) is 4.23. The highest BCUT2D eigenvalue weighted by atomic mass is 79.9. The number of aliphatic carboxylic acids is 1. The van der Waals surface area contributed by atoms with Crippen molar-refractivity contribution in [2.45, 2.75) is 26.3 Å². The van der Waals surface area contributed by atoms with Gasteiger partial charge >= 0.3 is 5.97 Å². The minimum atomic E-state index is -1.16. The third-order valence-electron chi connectivity index (χ3n) is 3.28. The average Bonchev–Trinajstić information content (AvgIpc) is 2.73. The van der Waals surface area contributed by atoms with E-state index >= 15 is 0 Å². The van der Waals surface area contributed by atoms with E-state index in [0.717, 1.165) is 26.7 Å². The summed E-state index contributed by atoms with van der Waals surface area (Å²) >= 11 is 4.10. The van der Waals surface area contributed by atoms with Crippen LogP contribution in [0.25, 0.3) is 6.08 Å². The Morgan fingerprint density at radius 1 is 1.30 bits per heavy atom. The molecule has 0 bridgehead atoms. The van der Waals surface area contributed by atoms with Crippen LogP contribution in [0.2, 0.25) is 0 Å². The topological polar surface area (TPSA) is 74.7 Å². The molecule has 23 heavy (non-hydrogen) atoms. The predicted molar refractivity (Wildman–Crippen MR) is 92.8 cm³/mol. The van der Waals surface area contributed by atoms with Crippen LogP contribution in [-0.4, -0.2) is 33.2 Å². The van der Waals surface area contributed by atoms with Gasteiger partial charge in [0, 0.05) is 4.47 Å². The molecule has 1 aromatic carbocycles. The molecule has 1 aliphatic rings. The highest BCUT2D eigenvalue weighted by molar-refractivity contribution is 9.10. The lowest BCUT2D eigenvalue weighted by atomic mass is 10.0. The molecule has 0 saturated carbocycles. The first-order chi connectivity index (χ1) is 10.8. The Balaban J connectivity index is 2.28. The number of benzene rings is 1. The van der Waals surface area contributed by atoms with E-state index in [4.69, 9.17) is 0 Å². The zero-order chi connectivity index (χ0) is 17.1. The second-order valence-electron chi connectivity index (χ2n) is 5.59. The first-order valence-electron chi connectivity index (χ1n) is 7.05. The minimum Gasteiger partial charge on any atom is -0.480 e. The number of carbonyl (C=O) groups excluding carboxylic acids is 2. The molecule has 2 amide bonds. The van der Waals surface area contributed by atoms with Crippen LogP contribution in [0.5, 0.6) is 0 Å². The number of carboxylic acids is 1. The van der Waals surface area contributed by atoms with Crippen LogP contribution in [0.15, 0.2) is 33.6 Å². The van der Waals surface area contributed by atoms with Crippen LogP contribution in [0, 0.1) is 5.92 Å². The van der Waals surface area contributed by atoms with Crippen molar-refractivity contribution in [2.75, 3.05) is 0 Å². The number of thioether (sulfide) groups is 1. The van der Waals surface area contributed by atoms with Crippen molar-refractivity contribution >= 4 is 50.9 Å². The molecule has 0 aromatic heterocycles. The summed E-state index contributed by atoms with van der Waals surface area (Å²) in [4.78, 5) is 37.1. The van der Waals surface area contributed by atoms with Gasteiger partial charge in [0.1, 0.15) is 6.04 Å². The number of carboxylic acid groups (broad SMARTS) is 1. The SMILES string of the molecule is CC(C)C[C@@H](C(=O)O)N1C(=O)S/C(=C\c2ccc(Br)cc2)C1=O. The van der Waals surface area contributed by atoms with Gasteiger partial charge in [-0.15, -0.1) is 0 Å². The second kappa shape index (κ2) is 7.31. The third-order valence-corrected chi connectivity index (χ3v) is 4.70. The van der Waals surface area contributed by atoms with Crippen LogP contribution in [0.4, 0.5) is 4.79 Å². The molecule has 2 rings (SSSR count). The number of nitrogens with zero attached hydrogens (tertiary/aromatic N) is 1. The van der Waals surface area contributed by atoms with Gasteiger partial charge in [0.05, 0.1) is 4.91 Å². The molecule has 1 N–H and O–H groups in total. The Labute approximate surface area is 146 Å². The van der Waals surface area contributed by atoms with Crippen molar-refractivity contribution in [3.63, 3.8) is 0 Å². The molecule has 1 aromatic rings. The summed E-state index contributed by atoms with van der Waals surface area (Å²) in [6.45, 7) is 3.71. The molecule has 7 heteroatoms. The van der Waals surface area contributed by atoms with Gasteiger partial charge in [-0.05, 0) is 47.9 Å². The molecule has 1 atom stereocenters. The standard InChI is InChI=1S/C16H16BrNO4S/c1-9(2)7-12(15(20)21)18-14(19)13(23-16(18)22)8-10-3-5-11(17)6-4-10/h3-6,8-9,12H,7H2,1-2H3,(H,20,21)/b13-8-/t12-/m0/s1. The zero-order valence-corrected chi connectivity index (χ0v) is 15.1. The molecule has 0 aliphatic carbocycles. The lowest BCUT2D eigenvalue weighted by Gasteiger charge is -2.22. The quantitative estimate of drug-likeness (QED) is 0.760. The maximum Gasteiger partial charge on any atom is 0.326 e. The Morgan fingerprint density at radius 3 is 2.43 bits per heavy atom. The first kappa shape index (κ1) is 17.7. The lowest BCUT2D eigenvalue weighted by molar-refractivity contribution is -0.146. The number of amides is 2. The summed E-state index contributed by atoms with van der Waals surface area (Å²) in [7, 11) is 0. The van der Waals surface area contributed by atoms with E-state index in [1.807, 2.05) is 26.0 Å². The number of carbonyl (C=O) groups is 3. The molecular formula is C16H16BrNO4S. The smallest absolute Gasteiger partial charge is 0.326 e. The molecule has 0 radical (unpaired) electrons.